The molecule has 2 rings (SSSR count). The molecule has 2 aromatic rings. The van der Waals surface area contributed by atoms with Gasteiger partial charge >= 0.3 is 12.0 Å². The number of nitrogens with one attached hydrogen (secondary N) is 3. The molecule has 110 valence electrons. The number of aromatic carboxylic acids is 1. The largest absolute Gasteiger partial charge is 0.478 e. The number of carboxylic acids is 1. The van der Waals surface area contributed by atoms with Gasteiger partial charge in [0.15, 0.2) is 0 Å². The molecular weight excluding hydrogens is 274 g/mol. The lowest BCUT2D eigenvalue weighted by Gasteiger charge is -2.10. The van der Waals surface area contributed by atoms with Crippen molar-refractivity contribution in [1.82, 2.24) is 20.5 Å². The number of aromatic nitrogens is 3. The van der Waals surface area contributed by atoms with E-state index in [4.69, 9.17) is 5.11 Å². The summed E-state index contributed by atoms with van der Waals surface area (Å²) in [7, 11) is 0. The van der Waals surface area contributed by atoms with Crippen molar-refractivity contribution in [3.8, 4) is 0 Å². The number of aromatic amines is 1. The van der Waals surface area contributed by atoms with Crippen molar-refractivity contribution in [3.63, 3.8) is 0 Å². The molecule has 0 unspecified atom stereocenters. The molecule has 0 aliphatic rings. The van der Waals surface area contributed by atoms with Crippen LogP contribution in [0.5, 0.6) is 0 Å². The van der Waals surface area contributed by atoms with Crippen LogP contribution in [0.3, 0.4) is 0 Å². The van der Waals surface area contributed by atoms with E-state index in [0.29, 0.717) is 18.8 Å². The van der Waals surface area contributed by atoms with E-state index in [1.807, 2.05) is 0 Å². The molecule has 0 radical (unpaired) electrons. The lowest BCUT2D eigenvalue weighted by Crippen LogP contribution is -2.31. The summed E-state index contributed by atoms with van der Waals surface area (Å²) in [6, 6.07) is 4.33. The van der Waals surface area contributed by atoms with Gasteiger partial charge in [-0.15, -0.1) is 0 Å². The molecule has 1 aromatic carbocycles. The van der Waals surface area contributed by atoms with Gasteiger partial charge < -0.3 is 15.7 Å². The number of nitrogens with zero attached hydrogens (tertiary/aromatic N) is 2. The van der Waals surface area contributed by atoms with E-state index in [9.17, 15) is 9.59 Å². The van der Waals surface area contributed by atoms with Crippen LogP contribution >= 0.6 is 0 Å². The Hall–Kier alpha value is -2.90. The predicted molar refractivity (Wildman–Crippen MR) is 75.2 cm³/mol. The molecule has 1 aromatic heterocycles. The van der Waals surface area contributed by atoms with Crippen LogP contribution in [0.2, 0.25) is 0 Å². The summed E-state index contributed by atoms with van der Waals surface area (Å²) in [5, 5.41) is 20.6. The number of urea groups is 1. The van der Waals surface area contributed by atoms with E-state index >= 15 is 0 Å². The molecule has 0 saturated heterocycles. The highest BCUT2D eigenvalue weighted by Crippen LogP contribution is 2.17. The first kappa shape index (κ1) is 14.5. The number of anilines is 1. The zero-order valence-corrected chi connectivity index (χ0v) is 11.4. The maximum Gasteiger partial charge on any atom is 0.337 e. The predicted octanol–water partition coefficient (Wildman–Crippen LogP) is 1.18. The van der Waals surface area contributed by atoms with Gasteiger partial charge in [0.25, 0.3) is 0 Å². The molecule has 21 heavy (non-hydrogen) atoms. The molecule has 1 heterocycles. The number of carboxylic acid groups (broad SMARTS) is 1. The van der Waals surface area contributed by atoms with Crippen molar-refractivity contribution in [2.75, 3.05) is 11.9 Å². The Bertz CT molecular complexity index is 639. The van der Waals surface area contributed by atoms with Gasteiger partial charge in [-0.2, -0.15) is 5.10 Å². The quantitative estimate of drug-likeness (QED) is 0.658. The molecule has 2 amide bonds. The topological polar surface area (TPSA) is 120 Å². The molecule has 8 nitrogen and oxygen atoms in total. The number of carbonyl (C=O) groups is 2. The summed E-state index contributed by atoms with van der Waals surface area (Å²) in [6.45, 7) is 2.14. The summed E-state index contributed by atoms with van der Waals surface area (Å²) in [4.78, 5) is 26.8. The van der Waals surface area contributed by atoms with Crippen LogP contribution in [0.15, 0.2) is 24.5 Å². The molecular formula is C13H15N5O3. The van der Waals surface area contributed by atoms with Crippen LogP contribution in [-0.4, -0.2) is 38.8 Å². The minimum Gasteiger partial charge on any atom is -0.478 e. The SMILES string of the molecule is Cc1ccc(NC(=O)NCCc2ncn[nH]2)c(C(=O)O)c1. The fourth-order valence-electron chi connectivity index (χ4n) is 1.76. The first-order valence-electron chi connectivity index (χ1n) is 6.29. The minimum absolute atomic E-state index is 0.0559. The fourth-order valence-corrected chi connectivity index (χ4v) is 1.76. The Morgan fingerprint density at radius 2 is 2.19 bits per heavy atom. The first-order chi connectivity index (χ1) is 10.1. The Labute approximate surface area is 120 Å². The van der Waals surface area contributed by atoms with Gasteiger partial charge in [-0.1, -0.05) is 11.6 Å². The van der Waals surface area contributed by atoms with Crippen LogP contribution in [0, 0.1) is 6.92 Å². The summed E-state index contributed by atoms with van der Waals surface area (Å²) >= 11 is 0. The van der Waals surface area contributed by atoms with Crippen molar-refractivity contribution in [2.45, 2.75) is 13.3 Å². The number of hydrogen-bond donors (Lipinski definition) is 4. The van der Waals surface area contributed by atoms with Gasteiger partial charge in [-0.3, -0.25) is 5.10 Å². The second-order valence-electron chi connectivity index (χ2n) is 4.42. The monoisotopic (exact) mass is 289 g/mol. The van der Waals surface area contributed by atoms with Crippen molar-refractivity contribution >= 4 is 17.7 Å². The third-order valence-electron chi connectivity index (χ3n) is 2.77. The van der Waals surface area contributed by atoms with Crippen LogP contribution in [0.4, 0.5) is 10.5 Å². The van der Waals surface area contributed by atoms with Crippen molar-refractivity contribution in [1.29, 1.82) is 0 Å². The van der Waals surface area contributed by atoms with Crippen LogP contribution in [0.25, 0.3) is 0 Å². The molecule has 0 bridgehead atoms. The smallest absolute Gasteiger partial charge is 0.337 e. The maximum absolute atomic E-state index is 11.7. The van der Waals surface area contributed by atoms with Crippen LogP contribution < -0.4 is 10.6 Å². The molecule has 0 atom stereocenters. The average Bonchev–Trinajstić information content (AvgIpc) is 2.94. The van der Waals surface area contributed by atoms with Gasteiger partial charge in [-0.05, 0) is 19.1 Å². The van der Waals surface area contributed by atoms with Gasteiger partial charge in [0.2, 0.25) is 0 Å². The number of aryl methyl sites for hydroxylation is 1. The highest BCUT2D eigenvalue weighted by Gasteiger charge is 2.12. The fraction of sp³-hybridized carbons (Fsp3) is 0.231. The summed E-state index contributed by atoms with van der Waals surface area (Å²) in [5.41, 5.74) is 1.12. The Morgan fingerprint density at radius 3 is 2.86 bits per heavy atom. The molecule has 0 aliphatic carbocycles. The molecule has 0 aliphatic heterocycles. The highest BCUT2D eigenvalue weighted by molar-refractivity contribution is 6.00. The van der Waals surface area contributed by atoms with E-state index in [-0.39, 0.29) is 11.3 Å². The van der Waals surface area contributed by atoms with Gasteiger partial charge in [0.05, 0.1) is 11.3 Å². The number of amides is 2. The van der Waals surface area contributed by atoms with E-state index in [1.54, 1.807) is 19.1 Å². The highest BCUT2D eigenvalue weighted by atomic mass is 16.4. The van der Waals surface area contributed by atoms with Crippen LogP contribution in [-0.2, 0) is 6.42 Å². The standard InChI is InChI=1S/C13H15N5O3/c1-8-2-3-10(9(6-8)12(19)20)17-13(21)14-5-4-11-15-7-16-18-11/h2-3,6-7H,4-5H2,1H3,(H,19,20)(H2,14,17,21)(H,15,16,18). The summed E-state index contributed by atoms with van der Waals surface area (Å²) in [6.07, 6.45) is 1.90. The lowest BCUT2D eigenvalue weighted by atomic mass is 10.1. The normalized spacial score (nSPS) is 10.1. The van der Waals surface area contributed by atoms with Crippen LogP contribution in [0.1, 0.15) is 21.7 Å². The zero-order valence-electron chi connectivity index (χ0n) is 11.4. The van der Waals surface area contributed by atoms with Crippen molar-refractivity contribution in [2.24, 2.45) is 0 Å². The lowest BCUT2D eigenvalue weighted by molar-refractivity contribution is 0.0698. The van der Waals surface area contributed by atoms with E-state index in [0.717, 1.165) is 5.56 Å². The Balaban J connectivity index is 1.92. The first-order valence-corrected chi connectivity index (χ1v) is 6.29. The zero-order chi connectivity index (χ0) is 15.2. The number of benzene rings is 1. The Morgan fingerprint density at radius 1 is 1.38 bits per heavy atom. The van der Waals surface area contributed by atoms with Gasteiger partial charge in [0.1, 0.15) is 12.2 Å². The van der Waals surface area contributed by atoms with Crippen molar-refractivity contribution < 1.29 is 14.7 Å². The minimum atomic E-state index is -1.09. The summed E-state index contributed by atoms with van der Waals surface area (Å²) in [5.74, 6) is -0.424. The number of rotatable bonds is 5. The summed E-state index contributed by atoms with van der Waals surface area (Å²) < 4.78 is 0. The molecule has 0 spiro atoms. The number of H-pyrrole nitrogens is 1. The molecule has 4 N–H and O–H groups in total. The number of hydrogen-bond acceptors (Lipinski definition) is 4. The van der Waals surface area contributed by atoms with E-state index < -0.39 is 12.0 Å². The molecule has 0 saturated carbocycles. The average molecular weight is 289 g/mol. The number of carbonyl (C=O) groups excluding carboxylic acids is 1. The van der Waals surface area contributed by atoms with E-state index in [1.165, 1.54) is 12.4 Å². The van der Waals surface area contributed by atoms with E-state index in [2.05, 4.69) is 25.8 Å². The third-order valence-corrected chi connectivity index (χ3v) is 2.77. The maximum atomic E-state index is 11.7. The van der Waals surface area contributed by atoms with Crippen molar-refractivity contribution in [3.05, 3.63) is 41.5 Å². The third kappa shape index (κ3) is 4.03. The second-order valence-corrected chi connectivity index (χ2v) is 4.42. The second kappa shape index (κ2) is 6.51. The van der Waals surface area contributed by atoms with Gasteiger partial charge in [-0.25, -0.2) is 14.6 Å². The molecule has 8 heteroatoms. The molecule has 0 fully saturated rings. The van der Waals surface area contributed by atoms with Gasteiger partial charge in [0, 0.05) is 13.0 Å². The Kier molecular flexibility index (Phi) is 4.50.